The molecule has 0 spiro atoms. The van der Waals surface area contributed by atoms with Crippen molar-refractivity contribution in [2.24, 2.45) is 10.3 Å². The molecule has 8 rings (SSSR count). The summed E-state index contributed by atoms with van der Waals surface area (Å²) in [6.45, 7) is 15.5. The van der Waals surface area contributed by atoms with Gasteiger partial charge in [0.25, 0.3) is 5.24 Å². The molecule has 0 fully saturated rings. The van der Waals surface area contributed by atoms with Crippen LogP contribution in [-0.2, 0) is 52.2 Å². The molecule has 0 saturated heterocycles. The molecule has 0 radical (unpaired) electrons. The number of carbonyl (C=O) groups excluding carboxylic acids is 5. The van der Waals surface area contributed by atoms with Gasteiger partial charge in [0.1, 0.15) is 28.0 Å². The number of rotatable bonds is 21. The molecule has 2 aromatic heterocycles. The van der Waals surface area contributed by atoms with E-state index in [1.54, 1.807) is 121 Å². The van der Waals surface area contributed by atoms with Crippen LogP contribution in [0.15, 0.2) is 176 Å². The molecule has 2 atom stereocenters. The molecule has 6 aromatic rings. The first kappa shape index (κ1) is 79.4. The molecule has 0 bridgehead atoms. The Balaban J connectivity index is 0.000000341. The first-order chi connectivity index (χ1) is 42.4. The van der Waals surface area contributed by atoms with Crippen LogP contribution in [0, 0.1) is 0 Å². The highest BCUT2D eigenvalue weighted by Crippen LogP contribution is 2.32. The van der Waals surface area contributed by atoms with Gasteiger partial charge in [-0.25, -0.2) is 41.5 Å². The molecule has 21 nitrogen and oxygen atoms in total. The van der Waals surface area contributed by atoms with Crippen molar-refractivity contribution < 1.29 is 69.0 Å². The Morgan fingerprint density at radius 1 is 0.630 bits per heavy atom. The summed E-state index contributed by atoms with van der Waals surface area (Å²) >= 11 is 34.0. The lowest BCUT2D eigenvalue weighted by Crippen LogP contribution is -2.51. The Bertz CT molecular complexity index is 3940. The van der Waals surface area contributed by atoms with Gasteiger partial charge in [-0.3, -0.25) is 19.3 Å². The number of sulfonamides is 2. The fraction of sp³-hybridized carbons (Fsp3) is 0.258. The lowest BCUT2D eigenvalue weighted by Gasteiger charge is -2.38. The number of alkyl halides is 1. The molecular formula is C62H67Cl7N6O15S2. The molecule has 0 aliphatic heterocycles. The number of hydrogen-bond acceptors (Lipinski definition) is 18. The van der Waals surface area contributed by atoms with Crippen LogP contribution in [0.5, 0.6) is 0 Å². The Morgan fingerprint density at radius 3 is 1.42 bits per heavy atom. The van der Waals surface area contributed by atoms with Gasteiger partial charge in [0.05, 0.1) is 75.8 Å². The number of nitrogens with two attached hydrogens (primary N) is 2. The maximum absolute atomic E-state index is 13.3. The summed E-state index contributed by atoms with van der Waals surface area (Å²) < 4.78 is 67.3. The second kappa shape index (κ2) is 36.0. The second-order valence-electron chi connectivity index (χ2n) is 21.4. The predicted molar refractivity (Wildman–Crippen MR) is 359 cm³/mol. The number of nitrogens with zero attached hydrogens (tertiary/aromatic N) is 1. The number of benzene rings is 4. The first-order valence-electron chi connectivity index (χ1n) is 26.9. The van der Waals surface area contributed by atoms with Crippen molar-refractivity contribution in [1.29, 1.82) is 0 Å². The number of ether oxygens (including phenoxy) is 2. The number of allylic oxidation sites excluding steroid dienone is 6. The Morgan fingerprint density at radius 2 is 1.08 bits per heavy atom. The van der Waals surface area contributed by atoms with Crippen LogP contribution in [0.3, 0.4) is 0 Å². The van der Waals surface area contributed by atoms with E-state index in [1.165, 1.54) is 24.7 Å². The lowest BCUT2D eigenvalue weighted by molar-refractivity contribution is -0.136. The molecule has 2 aliphatic rings. The number of carboxylic acid groups (broad SMARTS) is 1. The Labute approximate surface area is 569 Å². The van der Waals surface area contributed by atoms with Crippen LogP contribution in [0.25, 0.3) is 0 Å². The molecule has 2 unspecified atom stereocenters. The van der Waals surface area contributed by atoms with Crippen molar-refractivity contribution in [3.05, 3.63) is 211 Å². The summed E-state index contributed by atoms with van der Waals surface area (Å²) in [6.07, 6.45) is 13.2. The van der Waals surface area contributed by atoms with Crippen LogP contribution >= 0.6 is 82.0 Å². The van der Waals surface area contributed by atoms with Gasteiger partial charge in [0.2, 0.25) is 20.0 Å². The molecule has 2 aliphatic carbocycles. The normalized spacial score (nSPS) is 12.8. The second-order valence-corrected chi connectivity index (χ2v) is 26.7. The third kappa shape index (κ3) is 25.6. The average Bonchev–Trinajstić information content (AvgIpc) is 1.20. The van der Waals surface area contributed by atoms with Crippen LogP contribution in [-0.4, -0.2) is 97.5 Å². The smallest absolute Gasteiger partial charge is 0.341 e. The van der Waals surface area contributed by atoms with Gasteiger partial charge in [-0.15, -0.1) is 12.4 Å². The largest absolute Gasteiger partial charge is 0.478 e. The standard InChI is InChI=1S/C26H29Cl2N3O6S.C13H18ClNO.C12H11ClN2O5S.C6H5ClO2.C5H3ClO.ClH/c1-16(24(32)17-7-5-8-18(27)11-17)31(26(2,3)4)15-37-25(33)20-12-23(38(29,34)35)21(28)13-22(20)30-14-19-9-6-10-36-19;1-9(15-13(2,3)4)12(16)10-6-5-7-11(14)8-10;13-9-5-10(15-6-7-2-1-3-20-7)8(12(16)17)4-11(9)21(14,18)19;7-4-9-6(8)5-2-1-3-5;6-5(7)4-2-1-3-4;/h5-13,16,30H,14-15H2,1-4H3,(H2,29,34,35);5-9,15H,1-4H3;1-5,15H,6H2,(H,16,17)(H2,14,18,19);1-3H,4H2;1-3H;1H. The zero-order chi connectivity index (χ0) is 68.2. The van der Waals surface area contributed by atoms with E-state index < -0.39 is 53.4 Å². The minimum atomic E-state index is -4.23. The van der Waals surface area contributed by atoms with E-state index in [-0.39, 0.29) is 105 Å². The summed E-state index contributed by atoms with van der Waals surface area (Å²) in [5.41, 5.74) is 1.61. The quantitative estimate of drug-likeness (QED) is 0.0128. The van der Waals surface area contributed by atoms with Crippen LogP contribution < -0.4 is 26.2 Å². The molecule has 30 heteroatoms. The number of Topliss-reactive ketones (excluding diaryl/α,β-unsaturated/α-hetero) is 2. The molecular weight excluding hydrogens is 1380 g/mol. The SMILES string of the molecule is CC(C(=O)c1cccc(Cl)c1)N(COC(=O)c1cc(S(N)(=O)=O)c(Cl)cc1NCc1ccco1)C(C)(C)C.CC(NC(C)(C)C)C(=O)c1cccc(Cl)c1.Cl.NS(=O)(=O)c1cc(C(=O)O)c(NCc2ccco2)cc1Cl.O=C(Cl)C1=CC=C1.O=C(OCCl)C1=CC=C1. The number of primary sulfonamides is 2. The summed E-state index contributed by atoms with van der Waals surface area (Å²) in [6, 6.07) is 24.0. The number of ketones is 2. The topological polar surface area (TPSA) is 327 Å². The van der Waals surface area contributed by atoms with Gasteiger partial charge in [0.15, 0.2) is 17.6 Å². The highest BCUT2D eigenvalue weighted by Gasteiger charge is 2.33. The van der Waals surface area contributed by atoms with Crippen LogP contribution in [0.2, 0.25) is 20.1 Å². The van der Waals surface area contributed by atoms with Gasteiger partial charge in [-0.2, -0.15) is 0 Å². The highest BCUT2D eigenvalue weighted by atomic mass is 35.5. The van der Waals surface area contributed by atoms with Crippen molar-refractivity contribution in [3.63, 3.8) is 0 Å². The number of anilines is 2. The average molecular weight is 1450 g/mol. The molecule has 496 valence electrons. The van der Waals surface area contributed by atoms with E-state index in [9.17, 15) is 45.6 Å². The minimum absolute atomic E-state index is 0. The third-order valence-corrected chi connectivity index (χ3v) is 15.9. The fourth-order valence-electron chi connectivity index (χ4n) is 7.88. The van der Waals surface area contributed by atoms with Gasteiger partial charge < -0.3 is 39.4 Å². The van der Waals surface area contributed by atoms with E-state index in [4.69, 9.17) is 98.6 Å². The monoisotopic (exact) mass is 1440 g/mol. The maximum atomic E-state index is 13.3. The Hall–Kier alpha value is -6.81. The van der Waals surface area contributed by atoms with Crippen molar-refractivity contribution in [2.75, 3.05) is 23.4 Å². The number of furan rings is 2. The van der Waals surface area contributed by atoms with Gasteiger partial charge >= 0.3 is 17.9 Å². The zero-order valence-corrected chi connectivity index (χ0v) is 57.6. The van der Waals surface area contributed by atoms with Gasteiger partial charge in [-0.05, 0) is 152 Å². The summed E-state index contributed by atoms with van der Waals surface area (Å²) in [7, 11) is -8.34. The molecule has 0 amide bonds. The van der Waals surface area contributed by atoms with Gasteiger partial charge in [-0.1, -0.05) is 107 Å². The number of carboxylic acids is 1. The van der Waals surface area contributed by atoms with Crippen LogP contribution in [0.1, 0.15) is 108 Å². The number of carbonyl (C=O) groups is 6. The number of hydrogen-bond donors (Lipinski definition) is 6. The lowest BCUT2D eigenvalue weighted by atomic mass is 9.99. The molecule has 2 heterocycles. The number of nitrogens with one attached hydrogen (secondary N) is 3. The van der Waals surface area contributed by atoms with Crippen LogP contribution in [0.4, 0.5) is 11.4 Å². The van der Waals surface area contributed by atoms with Gasteiger partial charge in [0, 0.05) is 37.8 Å². The number of esters is 2. The van der Waals surface area contributed by atoms with E-state index in [2.05, 4.69) is 20.7 Å². The third-order valence-electron chi connectivity index (χ3n) is 12.3. The van der Waals surface area contributed by atoms with E-state index in [0.29, 0.717) is 43.8 Å². The summed E-state index contributed by atoms with van der Waals surface area (Å²) in [5.74, 6) is -1.49. The summed E-state index contributed by atoms with van der Waals surface area (Å²) in [5, 5.41) is 28.8. The van der Waals surface area contributed by atoms with Crippen molar-refractivity contribution in [3.8, 4) is 0 Å². The van der Waals surface area contributed by atoms with E-state index >= 15 is 0 Å². The van der Waals surface area contributed by atoms with Crippen molar-refractivity contribution in [1.82, 2.24) is 10.2 Å². The van der Waals surface area contributed by atoms with E-state index in [1.807, 2.05) is 48.5 Å². The predicted octanol–water partition coefficient (Wildman–Crippen LogP) is 13.4. The Kier molecular flexibility index (Phi) is 31.1. The van der Waals surface area contributed by atoms with Crippen molar-refractivity contribution in [2.45, 2.75) is 101 Å². The molecule has 8 N–H and O–H groups in total. The van der Waals surface area contributed by atoms with Crippen molar-refractivity contribution >= 4 is 148 Å². The zero-order valence-electron chi connectivity index (χ0n) is 50.6. The number of aromatic carboxylic acids is 1. The molecule has 92 heavy (non-hydrogen) atoms. The maximum Gasteiger partial charge on any atom is 0.341 e. The summed E-state index contributed by atoms with van der Waals surface area (Å²) in [4.78, 5) is 71.3. The van der Waals surface area contributed by atoms with E-state index in [0.717, 1.165) is 12.1 Å². The minimum Gasteiger partial charge on any atom is -0.478 e. The number of halogens is 7. The fourth-order valence-corrected chi connectivity index (χ4v) is 10.7. The molecule has 0 saturated carbocycles. The highest BCUT2D eigenvalue weighted by molar-refractivity contribution is 7.89. The first-order valence-corrected chi connectivity index (χ1v) is 32.4. The molecule has 4 aromatic carbocycles.